The lowest BCUT2D eigenvalue weighted by atomic mass is 10.1. The minimum absolute atomic E-state index is 0.962. The average molecular weight is 157 g/mol. The highest BCUT2D eigenvalue weighted by Gasteiger charge is 2.19. The summed E-state index contributed by atoms with van der Waals surface area (Å²) in [5.41, 5.74) is 0. The predicted molar refractivity (Wildman–Crippen MR) is 48.3 cm³/mol. The van der Waals surface area contributed by atoms with Gasteiger partial charge in [0.1, 0.15) is 0 Å². The van der Waals surface area contributed by atoms with Crippen LogP contribution in [-0.4, -0.2) is 5.75 Å². The van der Waals surface area contributed by atoms with Crippen LogP contribution in [0.5, 0.6) is 0 Å². The Bertz CT molecular complexity index is 76.8. The van der Waals surface area contributed by atoms with Gasteiger partial charge in [0.2, 0.25) is 0 Å². The van der Waals surface area contributed by atoms with Crippen LogP contribution >= 0.6 is 12.6 Å². The molecule has 0 atom stereocenters. The summed E-state index contributed by atoms with van der Waals surface area (Å²) in [5.74, 6) is 2.09. The van der Waals surface area contributed by atoms with Crippen molar-refractivity contribution in [2.24, 2.45) is 5.92 Å². The minimum Gasteiger partial charge on any atom is -0.0942 e. The number of hydrogen-bond donors (Lipinski definition) is 0. The van der Waals surface area contributed by atoms with Gasteiger partial charge in [-0.05, 0) is 12.3 Å². The molecule has 0 aliphatic heterocycles. The van der Waals surface area contributed by atoms with E-state index in [1.165, 1.54) is 44.9 Å². The fraction of sp³-hybridized carbons (Fsp3) is 1.00. The Hall–Kier alpha value is 0.350. The van der Waals surface area contributed by atoms with E-state index < -0.39 is 0 Å². The summed E-state index contributed by atoms with van der Waals surface area (Å²) < 4.78 is 0. The van der Waals surface area contributed by atoms with Crippen molar-refractivity contribution in [1.82, 2.24) is 0 Å². The molecule has 10 heavy (non-hydrogen) atoms. The van der Waals surface area contributed by atoms with Gasteiger partial charge in [-0.2, -0.15) is 0 Å². The molecular weight excluding hydrogens is 140 g/mol. The summed E-state index contributed by atoms with van der Waals surface area (Å²) in [6.45, 7) is 0. The van der Waals surface area contributed by atoms with E-state index in [1.807, 2.05) is 0 Å². The monoisotopic (exact) mass is 157 g/mol. The van der Waals surface area contributed by atoms with Gasteiger partial charge in [-0.15, -0.1) is 0 Å². The Labute approximate surface area is 69.8 Å². The first-order chi connectivity index (χ1) is 4.93. The van der Waals surface area contributed by atoms with Crippen molar-refractivity contribution >= 4 is 12.6 Å². The van der Waals surface area contributed by atoms with Crippen LogP contribution in [0.2, 0.25) is 0 Å². The third-order valence-electron chi connectivity index (χ3n) is 2.20. The van der Waals surface area contributed by atoms with Crippen LogP contribution in [0.25, 0.3) is 0 Å². The molecule has 59 valence electrons. The van der Waals surface area contributed by atoms with Crippen molar-refractivity contribution in [1.29, 1.82) is 0 Å². The van der Waals surface area contributed by atoms with Gasteiger partial charge in [-0.1, -0.05) is 51.2 Å². The Balaban J connectivity index is 1.68. The number of unbranched alkanes of at least 4 members (excludes halogenated alkanes) is 3. The Morgan fingerprint density at radius 2 is 1.70 bits per heavy atom. The smallest absolute Gasteiger partial charge is 0.00369 e. The van der Waals surface area contributed by atoms with Crippen molar-refractivity contribution in [3.05, 3.63) is 0 Å². The largest absolute Gasteiger partial charge is 0.0942 e. The lowest BCUT2D eigenvalue weighted by molar-refractivity contribution is 0.599. The zero-order valence-electron chi connectivity index (χ0n) is 6.64. The molecular formula is C9H17S. The molecule has 1 rings (SSSR count). The van der Waals surface area contributed by atoms with E-state index in [9.17, 15) is 0 Å². The van der Waals surface area contributed by atoms with Crippen molar-refractivity contribution in [2.45, 2.75) is 44.9 Å². The third-order valence-corrected chi connectivity index (χ3v) is 2.49. The van der Waals surface area contributed by atoms with Crippen LogP contribution < -0.4 is 0 Å². The summed E-state index contributed by atoms with van der Waals surface area (Å²) in [7, 11) is 0. The van der Waals surface area contributed by atoms with Crippen molar-refractivity contribution in [3.63, 3.8) is 0 Å². The van der Waals surface area contributed by atoms with Crippen LogP contribution in [0.1, 0.15) is 44.9 Å². The van der Waals surface area contributed by atoms with Crippen LogP contribution in [0.3, 0.4) is 0 Å². The maximum atomic E-state index is 4.87. The molecule has 0 aromatic heterocycles. The molecule has 0 N–H and O–H groups in total. The number of rotatable bonds is 6. The maximum Gasteiger partial charge on any atom is 0.00369 e. The summed E-state index contributed by atoms with van der Waals surface area (Å²) in [6, 6.07) is 0. The number of hydrogen-bond acceptors (Lipinski definition) is 0. The van der Waals surface area contributed by atoms with Gasteiger partial charge in [-0.25, -0.2) is 0 Å². The molecule has 1 saturated carbocycles. The highest BCUT2D eigenvalue weighted by atomic mass is 32.1. The van der Waals surface area contributed by atoms with Crippen LogP contribution in [-0.2, 0) is 0 Å². The fourth-order valence-electron chi connectivity index (χ4n) is 1.30. The Kier molecular flexibility index (Phi) is 4.27. The van der Waals surface area contributed by atoms with E-state index in [0.717, 1.165) is 11.7 Å². The van der Waals surface area contributed by atoms with E-state index in [0.29, 0.717) is 0 Å². The zero-order chi connectivity index (χ0) is 7.23. The second-order valence-corrected chi connectivity index (χ2v) is 3.76. The van der Waals surface area contributed by atoms with Gasteiger partial charge in [0.05, 0.1) is 0 Å². The molecule has 0 nitrogen and oxygen atoms in total. The molecule has 0 spiro atoms. The molecule has 1 aliphatic carbocycles. The molecule has 1 heteroatoms. The van der Waals surface area contributed by atoms with E-state index >= 15 is 0 Å². The molecule has 0 aromatic rings. The van der Waals surface area contributed by atoms with E-state index in [1.54, 1.807) is 0 Å². The van der Waals surface area contributed by atoms with E-state index in [-0.39, 0.29) is 0 Å². The van der Waals surface area contributed by atoms with Crippen molar-refractivity contribution in [2.75, 3.05) is 5.75 Å². The second-order valence-electron chi connectivity index (χ2n) is 3.35. The molecule has 0 bridgehead atoms. The summed E-state index contributed by atoms with van der Waals surface area (Å²) in [5, 5.41) is 0. The molecule has 0 saturated heterocycles. The van der Waals surface area contributed by atoms with Gasteiger partial charge in [0.25, 0.3) is 0 Å². The quantitative estimate of drug-likeness (QED) is 0.517. The lowest BCUT2D eigenvalue weighted by Crippen LogP contribution is -1.80. The van der Waals surface area contributed by atoms with Gasteiger partial charge in [0, 0.05) is 5.75 Å². The van der Waals surface area contributed by atoms with Gasteiger partial charge < -0.3 is 0 Å². The maximum absolute atomic E-state index is 4.87. The predicted octanol–water partition coefficient (Wildman–Crippen LogP) is 3.54. The van der Waals surface area contributed by atoms with Crippen LogP contribution in [0.15, 0.2) is 0 Å². The molecule has 0 unspecified atom stereocenters. The summed E-state index contributed by atoms with van der Waals surface area (Å²) in [4.78, 5) is 0. The normalized spacial score (nSPS) is 17.7. The van der Waals surface area contributed by atoms with Crippen molar-refractivity contribution in [3.8, 4) is 0 Å². The van der Waals surface area contributed by atoms with Gasteiger partial charge in [-0.3, -0.25) is 0 Å². The van der Waals surface area contributed by atoms with Crippen molar-refractivity contribution < 1.29 is 0 Å². The van der Waals surface area contributed by atoms with E-state index in [2.05, 4.69) is 0 Å². The molecule has 0 aromatic carbocycles. The minimum atomic E-state index is 0.962. The standard InChI is InChI=1S/C9H17S/c10-8-4-2-1-3-5-9-6-7-9/h9H,1-8H2. The molecule has 1 aliphatic rings. The first kappa shape index (κ1) is 8.45. The van der Waals surface area contributed by atoms with Crippen LogP contribution in [0.4, 0.5) is 0 Å². The SMILES string of the molecule is [S]CCCCCCC1CC1. The molecule has 0 amide bonds. The van der Waals surface area contributed by atoms with Gasteiger partial charge >= 0.3 is 0 Å². The third kappa shape index (κ3) is 4.21. The Morgan fingerprint density at radius 1 is 1.00 bits per heavy atom. The van der Waals surface area contributed by atoms with E-state index in [4.69, 9.17) is 12.6 Å². The first-order valence-corrected chi connectivity index (χ1v) is 5.09. The van der Waals surface area contributed by atoms with Crippen LogP contribution in [0, 0.1) is 5.92 Å². The van der Waals surface area contributed by atoms with Gasteiger partial charge in [0.15, 0.2) is 0 Å². The topological polar surface area (TPSA) is 0 Å². The Morgan fingerprint density at radius 3 is 2.30 bits per heavy atom. The molecule has 1 fully saturated rings. The molecule has 1 radical (unpaired) electrons. The average Bonchev–Trinajstić information content (AvgIpc) is 2.71. The summed E-state index contributed by atoms with van der Waals surface area (Å²) in [6.07, 6.45) is 10.0. The highest BCUT2D eigenvalue weighted by molar-refractivity contribution is 7.80. The lowest BCUT2D eigenvalue weighted by Gasteiger charge is -1.96. The fourth-order valence-corrected chi connectivity index (χ4v) is 1.50. The zero-order valence-corrected chi connectivity index (χ0v) is 7.46. The first-order valence-electron chi connectivity index (χ1n) is 4.51. The second kappa shape index (κ2) is 5.06. The summed E-state index contributed by atoms with van der Waals surface area (Å²) >= 11 is 4.87. The molecule has 0 heterocycles. The highest BCUT2D eigenvalue weighted by Crippen LogP contribution is 2.34.